The van der Waals surface area contributed by atoms with Crippen molar-refractivity contribution >= 4 is 52.8 Å². The highest BCUT2D eigenvalue weighted by atomic mass is 32.1. The van der Waals surface area contributed by atoms with Crippen molar-refractivity contribution in [3.63, 3.8) is 0 Å². The van der Waals surface area contributed by atoms with Crippen LogP contribution < -0.4 is 4.90 Å². The van der Waals surface area contributed by atoms with E-state index in [1.807, 2.05) is 42.7 Å². The molecule has 42 heavy (non-hydrogen) atoms. The number of aromatic nitrogens is 3. The molecule has 0 saturated heterocycles. The number of hydrogen-bond donors (Lipinski definition) is 1. The standard InChI is InChI=1S/C37H28N4S/c1-40(35-10-2-3-11-36(35)42)32-9-5-8-30(24-32)29-7-4-6-26(22-29)12-13-27-14-15-34-33(23-27)39-37-25-31(18-21-41(34)37)28-16-19-38-20-17-28/h2-25,42H,1H3/b13-12-. The third-order valence-corrected chi connectivity index (χ3v) is 7.99. The predicted octanol–water partition coefficient (Wildman–Crippen LogP) is 9.44. The molecule has 0 radical (unpaired) electrons. The molecule has 202 valence electrons. The van der Waals surface area contributed by atoms with Gasteiger partial charge >= 0.3 is 0 Å². The van der Waals surface area contributed by atoms with Crippen LogP contribution in [0.25, 0.3) is 51.1 Å². The van der Waals surface area contributed by atoms with E-state index in [0.717, 1.165) is 55.2 Å². The summed E-state index contributed by atoms with van der Waals surface area (Å²) < 4.78 is 2.14. The van der Waals surface area contributed by atoms with Crippen LogP contribution in [-0.2, 0) is 0 Å². The Labute approximate surface area is 250 Å². The van der Waals surface area contributed by atoms with Crippen LogP contribution in [-0.4, -0.2) is 21.4 Å². The van der Waals surface area contributed by atoms with Gasteiger partial charge in [0, 0.05) is 36.2 Å². The van der Waals surface area contributed by atoms with Gasteiger partial charge in [-0.15, -0.1) is 12.6 Å². The van der Waals surface area contributed by atoms with E-state index in [0.29, 0.717) is 0 Å². The Bertz CT molecular complexity index is 2080. The van der Waals surface area contributed by atoms with Gasteiger partial charge in [0.15, 0.2) is 0 Å². The third kappa shape index (κ3) is 5.06. The Balaban J connectivity index is 1.15. The van der Waals surface area contributed by atoms with Crippen molar-refractivity contribution in [1.29, 1.82) is 0 Å². The summed E-state index contributed by atoms with van der Waals surface area (Å²) in [7, 11) is 2.08. The molecular formula is C37H28N4S. The minimum Gasteiger partial charge on any atom is -0.344 e. The van der Waals surface area contributed by atoms with Gasteiger partial charge in [-0.1, -0.05) is 60.7 Å². The predicted molar refractivity (Wildman–Crippen MR) is 178 cm³/mol. The quantitative estimate of drug-likeness (QED) is 0.162. The molecule has 0 aliphatic heterocycles. The molecule has 4 aromatic carbocycles. The Hall–Kier alpha value is -5.13. The van der Waals surface area contributed by atoms with E-state index in [1.54, 1.807) is 0 Å². The summed E-state index contributed by atoms with van der Waals surface area (Å²) in [6.07, 6.45) is 10.0. The van der Waals surface area contributed by atoms with Crippen LogP contribution >= 0.6 is 12.6 Å². The fourth-order valence-electron chi connectivity index (χ4n) is 5.36. The summed E-state index contributed by atoms with van der Waals surface area (Å²) in [5.41, 5.74) is 12.0. The van der Waals surface area contributed by atoms with Gasteiger partial charge in [-0.3, -0.25) is 9.38 Å². The highest BCUT2D eigenvalue weighted by Crippen LogP contribution is 2.32. The first-order valence-corrected chi connectivity index (χ1v) is 14.3. The molecule has 0 aliphatic rings. The van der Waals surface area contributed by atoms with E-state index in [-0.39, 0.29) is 0 Å². The van der Waals surface area contributed by atoms with Crippen molar-refractivity contribution in [1.82, 2.24) is 14.4 Å². The first-order chi connectivity index (χ1) is 20.6. The van der Waals surface area contributed by atoms with Gasteiger partial charge < -0.3 is 4.90 Å². The minimum absolute atomic E-state index is 0.930. The second-order valence-electron chi connectivity index (χ2n) is 10.3. The fourth-order valence-corrected chi connectivity index (χ4v) is 5.67. The molecule has 0 saturated carbocycles. The fraction of sp³-hybridized carbons (Fsp3) is 0.0270. The van der Waals surface area contributed by atoms with Crippen molar-refractivity contribution in [3.8, 4) is 22.3 Å². The molecule has 7 rings (SSSR count). The van der Waals surface area contributed by atoms with Gasteiger partial charge in [0.1, 0.15) is 5.65 Å². The van der Waals surface area contributed by atoms with Crippen LogP contribution in [0.2, 0.25) is 0 Å². The van der Waals surface area contributed by atoms with Crippen molar-refractivity contribution in [3.05, 3.63) is 145 Å². The number of imidazole rings is 1. The van der Waals surface area contributed by atoms with Crippen LogP contribution in [0.4, 0.5) is 11.4 Å². The van der Waals surface area contributed by atoms with Crippen molar-refractivity contribution < 1.29 is 0 Å². The Morgan fingerprint density at radius 3 is 2.24 bits per heavy atom. The van der Waals surface area contributed by atoms with E-state index in [9.17, 15) is 0 Å². The van der Waals surface area contributed by atoms with Gasteiger partial charge in [-0.2, -0.15) is 0 Å². The van der Waals surface area contributed by atoms with Gasteiger partial charge in [0.05, 0.1) is 16.7 Å². The molecule has 0 unspecified atom stereocenters. The SMILES string of the molecule is CN(c1cccc(-c2cccc(/C=C\c3ccc4c(c3)nc3cc(-c5ccncc5)ccn34)c2)c1)c1ccccc1S. The number of thiol groups is 1. The first kappa shape index (κ1) is 25.8. The number of benzene rings is 4. The van der Waals surface area contributed by atoms with Crippen LogP contribution in [0.15, 0.2) is 139 Å². The van der Waals surface area contributed by atoms with E-state index < -0.39 is 0 Å². The van der Waals surface area contributed by atoms with Crippen LogP contribution in [0.3, 0.4) is 0 Å². The third-order valence-electron chi connectivity index (χ3n) is 7.61. The average Bonchev–Trinajstić information content (AvgIpc) is 3.41. The lowest BCUT2D eigenvalue weighted by molar-refractivity contribution is 1.17. The lowest BCUT2D eigenvalue weighted by Crippen LogP contribution is -2.10. The first-order valence-electron chi connectivity index (χ1n) is 13.8. The Morgan fingerprint density at radius 2 is 1.40 bits per heavy atom. The number of para-hydroxylation sites is 1. The average molecular weight is 561 g/mol. The number of rotatable bonds is 6. The summed E-state index contributed by atoms with van der Waals surface area (Å²) in [4.78, 5) is 12.2. The zero-order chi connectivity index (χ0) is 28.5. The van der Waals surface area contributed by atoms with Crippen molar-refractivity contribution in [2.45, 2.75) is 4.90 Å². The van der Waals surface area contributed by atoms with Crippen LogP contribution in [0.1, 0.15) is 11.1 Å². The molecule has 0 fully saturated rings. The van der Waals surface area contributed by atoms with E-state index in [4.69, 9.17) is 4.98 Å². The topological polar surface area (TPSA) is 33.4 Å². The lowest BCUT2D eigenvalue weighted by Gasteiger charge is -2.22. The molecule has 0 N–H and O–H groups in total. The number of pyridine rings is 2. The smallest absolute Gasteiger partial charge is 0.138 e. The van der Waals surface area contributed by atoms with Gasteiger partial charge in [0.25, 0.3) is 0 Å². The molecule has 0 atom stereocenters. The van der Waals surface area contributed by atoms with Crippen LogP contribution in [0, 0.1) is 0 Å². The molecule has 0 amide bonds. The molecule has 0 spiro atoms. The van der Waals surface area contributed by atoms with Gasteiger partial charge in [-0.25, -0.2) is 4.98 Å². The second-order valence-corrected chi connectivity index (χ2v) is 10.8. The Morgan fingerprint density at radius 1 is 0.667 bits per heavy atom. The number of fused-ring (bicyclic) bond motifs is 3. The Kier molecular flexibility index (Phi) is 6.78. The van der Waals surface area contributed by atoms with Crippen molar-refractivity contribution in [2.24, 2.45) is 0 Å². The van der Waals surface area contributed by atoms with Gasteiger partial charge in [0.2, 0.25) is 0 Å². The van der Waals surface area contributed by atoms with E-state index in [2.05, 4.69) is 137 Å². The summed E-state index contributed by atoms with van der Waals surface area (Å²) >= 11 is 4.64. The van der Waals surface area contributed by atoms with E-state index in [1.165, 1.54) is 11.1 Å². The zero-order valence-electron chi connectivity index (χ0n) is 23.1. The molecule has 4 nitrogen and oxygen atoms in total. The van der Waals surface area contributed by atoms with Gasteiger partial charge in [-0.05, 0) is 100 Å². The monoisotopic (exact) mass is 560 g/mol. The normalized spacial score (nSPS) is 11.5. The van der Waals surface area contributed by atoms with Crippen LogP contribution in [0.5, 0.6) is 0 Å². The summed E-state index contributed by atoms with van der Waals surface area (Å²) in [6, 6.07) is 40.1. The number of anilines is 2. The molecule has 0 aliphatic carbocycles. The molecule has 3 aromatic heterocycles. The largest absolute Gasteiger partial charge is 0.344 e. The molecule has 5 heteroatoms. The zero-order valence-corrected chi connectivity index (χ0v) is 24.0. The van der Waals surface area contributed by atoms with Crippen molar-refractivity contribution in [2.75, 3.05) is 11.9 Å². The highest BCUT2D eigenvalue weighted by molar-refractivity contribution is 7.80. The summed E-state index contributed by atoms with van der Waals surface area (Å²) in [5, 5.41) is 0. The summed E-state index contributed by atoms with van der Waals surface area (Å²) in [5.74, 6) is 0. The number of nitrogens with zero attached hydrogens (tertiary/aromatic N) is 4. The second kappa shape index (κ2) is 11.0. The molecular weight excluding hydrogens is 533 g/mol. The van der Waals surface area contributed by atoms with E-state index >= 15 is 0 Å². The molecule has 0 bridgehead atoms. The maximum absolute atomic E-state index is 4.93. The number of hydrogen-bond acceptors (Lipinski definition) is 4. The summed E-state index contributed by atoms with van der Waals surface area (Å²) in [6.45, 7) is 0. The maximum Gasteiger partial charge on any atom is 0.138 e. The highest BCUT2D eigenvalue weighted by Gasteiger charge is 2.09. The minimum atomic E-state index is 0.930. The molecule has 7 aromatic rings. The maximum atomic E-state index is 4.93. The molecule has 3 heterocycles. The lowest BCUT2D eigenvalue weighted by atomic mass is 10.0.